The van der Waals surface area contributed by atoms with E-state index in [1.807, 2.05) is 12.1 Å². The molecule has 6 heteroatoms. The maximum Gasteiger partial charge on any atom is 0.201 e. The van der Waals surface area contributed by atoms with Gasteiger partial charge in [0, 0.05) is 36.3 Å². The minimum Gasteiger partial charge on any atom is -0.492 e. The number of fused-ring (bicyclic) bond motifs is 1. The van der Waals surface area contributed by atoms with Gasteiger partial charge in [-0.1, -0.05) is 18.2 Å². The number of benzene rings is 2. The van der Waals surface area contributed by atoms with Crippen LogP contribution in [-0.2, 0) is 4.74 Å². The molecule has 1 aliphatic heterocycles. The highest BCUT2D eigenvalue weighted by atomic mass is 79.9. The van der Waals surface area contributed by atoms with Gasteiger partial charge in [0.25, 0.3) is 0 Å². The first kappa shape index (κ1) is 18.3. The summed E-state index contributed by atoms with van der Waals surface area (Å²) in [5.74, 6) is 0.142. The summed E-state index contributed by atoms with van der Waals surface area (Å²) in [6, 6.07) is 11.9. The maximum atomic E-state index is 14.3. The molecule has 0 atom stereocenters. The zero-order chi connectivity index (χ0) is 18.8. The molecule has 140 valence electrons. The van der Waals surface area contributed by atoms with Crippen LogP contribution in [0.4, 0.5) is 4.39 Å². The first-order chi connectivity index (χ1) is 13.1. The van der Waals surface area contributed by atoms with E-state index in [9.17, 15) is 9.18 Å². The second kappa shape index (κ2) is 7.92. The molecule has 1 aliphatic carbocycles. The van der Waals surface area contributed by atoms with Gasteiger partial charge in [0.15, 0.2) is 0 Å². The molecule has 1 heterocycles. The monoisotopic (exact) mass is 431 g/mol. The topological polar surface area (TPSA) is 38.8 Å². The summed E-state index contributed by atoms with van der Waals surface area (Å²) in [5, 5.41) is 0. The zero-order valence-corrected chi connectivity index (χ0v) is 16.3. The minimum absolute atomic E-state index is 0.151. The molecule has 0 radical (unpaired) electrons. The van der Waals surface area contributed by atoms with Crippen molar-refractivity contribution in [2.24, 2.45) is 0 Å². The molecule has 2 aromatic carbocycles. The van der Waals surface area contributed by atoms with Crippen LogP contribution in [0.25, 0.3) is 5.57 Å². The van der Waals surface area contributed by atoms with Gasteiger partial charge in [-0.25, -0.2) is 4.39 Å². The molecule has 0 saturated carbocycles. The molecule has 2 aromatic rings. The van der Waals surface area contributed by atoms with E-state index >= 15 is 0 Å². The fourth-order valence-corrected chi connectivity index (χ4v) is 4.05. The van der Waals surface area contributed by atoms with Crippen molar-refractivity contribution in [2.45, 2.75) is 0 Å². The van der Waals surface area contributed by atoms with E-state index in [0.29, 0.717) is 33.5 Å². The van der Waals surface area contributed by atoms with E-state index in [1.54, 1.807) is 24.3 Å². The Kier molecular flexibility index (Phi) is 5.38. The lowest BCUT2D eigenvalue weighted by molar-refractivity contribution is 0.0322. The third-order valence-electron chi connectivity index (χ3n) is 4.85. The number of carbonyl (C=O) groups excluding carboxylic acids is 1. The van der Waals surface area contributed by atoms with E-state index in [1.165, 1.54) is 6.07 Å². The predicted octanol–water partition coefficient (Wildman–Crippen LogP) is 3.89. The lowest BCUT2D eigenvalue weighted by atomic mass is 9.98. The van der Waals surface area contributed by atoms with Gasteiger partial charge >= 0.3 is 0 Å². The first-order valence-electron chi connectivity index (χ1n) is 8.92. The summed E-state index contributed by atoms with van der Waals surface area (Å²) in [4.78, 5) is 14.9. The molecule has 4 nitrogen and oxygen atoms in total. The van der Waals surface area contributed by atoms with E-state index in [0.717, 1.165) is 38.4 Å². The highest BCUT2D eigenvalue weighted by Gasteiger charge is 2.30. The molecule has 1 saturated heterocycles. The quantitative estimate of drug-likeness (QED) is 0.719. The third kappa shape index (κ3) is 3.70. The van der Waals surface area contributed by atoms with Gasteiger partial charge in [-0.15, -0.1) is 0 Å². The Labute approximate surface area is 165 Å². The Morgan fingerprint density at radius 3 is 2.63 bits per heavy atom. The second-order valence-corrected chi connectivity index (χ2v) is 7.30. The van der Waals surface area contributed by atoms with Crippen molar-refractivity contribution in [2.75, 3.05) is 39.5 Å². The summed E-state index contributed by atoms with van der Waals surface area (Å²) in [5.41, 5.74) is 2.26. The van der Waals surface area contributed by atoms with E-state index in [4.69, 9.17) is 9.47 Å². The Balaban J connectivity index is 1.52. The lowest BCUT2D eigenvalue weighted by Crippen LogP contribution is -2.38. The molecule has 0 amide bonds. The lowest BCUT2D eigenvalue weighted by Gasteiger charge is -2.26. The fraction of sp³-hybridized carbons (Fsp3) is 0.286. The van der Waals surface area contributed by atoms with Crippen LogP contribution in [0.1, 0.15) is 21.5 Å². The average molecular weight is 432 g/mol. The van der Waals surface area contributed by atoms with Crippen LogP contribution in [0.5, 0.6) is 5.75 Å². The highest BCUT2D eigenvalue weighted by Crippen LogP contribution is 2.42. The zero-order valence-electron chi connectivity index (χ0n) is 14.7. The number of hydrogen-bond acceptors (Lipinski definition) is 4. The van der Waals surface area contributed by atoms with Gasteiger partial charge in [0.2, 0.25) is 5.78 Å². The van der Waals surface area contributed by atoms with Crippen molar-refractivity contribution in [3.63, 3.8) is 0 Å². The number of Topliss-reactive ketones (excluding diaryl/α,β-unsaturated/α-hetero) is 1. The van der Waals surface area contributed by atoms with Gasteiger partial charge < -0.3 is 9.47 Å². The summed E-state index contributed by atoms with van der Waals surface area (Å²) in [6.07, 6.45) is 0. The van der Waals surface area contributed by atoms with Crippen LogP contribution in [0, 0.1) is 5.82 Å². The number of halogens is 2. The molecule has 0 spiro atoms. The molecule has 0 bridgehead atoms. The van der Waals surface area contributed by atoms with Crippen LogP contribution in [-0.4, -0.2) is 50.1 Å². The van der Waals surface area contributed by atoms with Gasteiger partial charge in [-0.05, 0) is 45.8 Å². The van der Waals surface area contributed by atoms with E-state index in [2.05, 4.69) is 20.8 Å². The standard InChI is InChI=1S/C21H19BrFNO3/c22-20-19(16-3-1-2-4-18(16)23)15-6-5-14(13-17(15)21(20)25)27-12-9-24-7-10-26-11-8-24/h1-6,13H,7-12H2. The number of nitrogens with zero attached hydrogens (tertiary/aromatic N) is 1. The molecular formula is C21H19BrFNO3. The van der Waals surface area contributed by atoms with Gasteiger partial charge in [0.1, 0.15) is 18.2 Å². The summed E-state index contributed by atoms with van der Waals surface area (Å²) in [7, 11) is 0. The smallest absolute Gasteiger partial charge is 0.201 e. The molecule has 4 rings (SSSR count). The SMILES string of the molecule is O=C1C(Br)=C(c2ccccc2F)c2ccc(OCCN3CCOCC3)cc21. The Morgan fingerprint density at radius 2 is 1.85 bits per heavy atom. The summed E-state index contributed by atoms with van der Waals surface area (Å²) < 4.78 is 25.8. The van der Waals surface area contributed by atoms with Crippen LogP contribution in [0.3, 0.4) is 0 Å². The first-order valence-corrected chi connectivity index (χ1v) is 9.71. The van der Waals surface area contributed by atoms with Crippen LogP contribution < -0.4 is 4.74 Å². The van der Waals surface area contributed by atoms with Gasteiger partial charge in [0.05, 0.1) is 17.7 Å². The summed E-state index contributed by atoms with van der Waals surface area (Å²) >= 11 is 3.36. The Bertz CT molecular complexity index is 906. The molecule has 2 aliphatic rings. The molecular weight excluding hydrogens is 413 g/mol. The van der Waals surface area contributed by atoms with Crippen LogP contribution in [0.15, 0.2) is 46.9 Å². The molecule has 0 unspecified atom stereocenters. The number of hydrogen-bond donors (Lipinski definition) is 0. The second-order valence-electron chi connectivity index (χ2n) is 6.51. The fourth-order valence-electron chi connectivity index (χ4n) is 3.41. The van der Waals surface area contributed by atoms with Crippen LogP contribution >= 0.6 is 15.9 Å². The van der Waals surface area contributed by atoms with Crippen molar-refractivity contribution in [3.8, 4) is 5.75 Å². The molecule has 0 aromatic heterocycles. The van der Waals surface area contributed by atoms with Gasteiger partial charge in [-0.2, -0.15) is 0 Å². The molecule has 0 N–H and O–H groups in total. The normalized spacial score (nSPS) is 17.3. The van der Waals surface area contributed by atoms with E-state index in [-0.39, 0.29) is 11.6 Å². The number of morpholine rings is 1. The number of ketones is 1. The highest BCUT2D eigenvalue weighted by molar-refractivity contribution is 9.12. The Morgan fingerprint density at radius 1 is 1.07 bits per heavy atom. The Hall–Kier alpha value is -2.02. The predicted molar refractivity (Wildman–Crippen MR) is 105 cm³/mol. The van der Waals surface area contributed by atoms with Crippen molar-refractivity contribution in [1.29, 1.82) is 0 Å². The van der Waals surface area contributed by atoms with Gasteiger partial charge in [-0.3, -0.25) is 9.69 Å². The van der Waals surface area contributed by atoms with Crippen molar-refractivity contribution < 1.29 is 18.7 Å². The largest absolute Gasteiger partial charge is 0.492 e. The number of carbonyl (C=O) groups is 1. The third-order valence-corrected chi connectivity index (χ3v) is 5.60. The van der Waals surface area contributed by atoms with Crippen molar-refractivity contribution in [3.05, 3.63) is 69.5 Å². The van der Waals surface area contributed by atoms with Crippen LogP contribution in [0.2, 0.25) is 0 Å². The number of ether oxygens (including phenoxy) is 2. The minimum atomic E-state index is -0.351. The van der Waals surface area contributed by atoms with Crippen molar-refractivity contribution >= 4 is 27.3 Å². The summed E-state index contributed by atoms with van der Waals surface area (Å²) in [6.45, 7) is 4.69. The van der Waals surface area contributed by atoms with E-state index < -0.39 is 0 Å². The average Bonchev–Trinajstić information content (AvgIpc) is 2.94. The number of allylic oxidation sites excluding steroid dienone is 1. The number of rotatable bonds is 5. The molecule has 27 heavy (non-hydrogen) atoms. The van der Waals surface area contributed by atoms with Crippen molar-refractivity contribution in [1.82, 2.24) is 4.90 Å². The maximum absolute atomic E-state index is 14.3. The molecule has 1 fully saturated rings.